The molecule has 3 aromatic heterocycles. The number of hydrogen-bond donors (Lipinski definition) is 1. The van der Waals surface area contributed by atoms with Gasteiger partial charge < -0.3 is 9.88 Å². The summed E-state index contributed by atoms with van der Waals surface area (Å²) in [7, 11) is 0. The number of aromatic amines is 1. The summed E-state index contributed by atoms with van der Waals surface area (Å²) in [5.41, 5.74) is 4.12. The molecule has 4 nitrogen and oxygen atoms in total. The molecule has 1 aromatic carbocycles. The lowest BCUT2D eigenvalue weighted by Gasteiger charge is -2.31. The van der Waals surface area contributed by atoms with Crippen LogP contribution in [-0.2, 0) is 0 Å². The third-order valence-electron chi connectivity index (χ3n) is 5.55. The predicted molar refractivity (Wildman–Crippen MR) is 115 cm³/mol. The van der Waals surface area contributed by atoms with Crippen molar-refractivity contribution in [2.45, 2.75) is 18.8 Å². The van der Waals surface area contributed by atoms with Crippen LogP contribution in [0.3, 0.4) is 0 Å². The summed E-state index contributed by atoms with van der Waals surface area (Å²) in [6.07, 6.45) is 1.15. The number of likely N-dealkylation sites (tertiary alicyclic amines) is 1. The number of thiophene rings is 1. The molecule has 0 spiro atoms. The van der Waals surface area contributed by atoms with Gasteiger partial charge in [-0.2, -0.15) is 0 Å². The second kappa shape index (κ2) is 7.53. The first-order valence-electron chi connectivity index (χ1n) is 9.89. The smallest absolute Gasteiger partial charge is 0.263 e. The van der Waals surface area contributed by atoms with Crippen molar-refractivity contribution >= 4 is 28.3 Å². The van der Waals surface area contributed by atoms with Crippen molar-refractivity contribution in [1.29, 1.82) is 0 Å². The number of carbonyl (C=O) groups is 1. The van der Waals surface area contributed by atoms with Gasteiger partial charge in [-0.05, 0) is 59.0 Å². The fraction of sp³-hybridized carbons (Fsp3) is 0.217. The highest BCUT2D eigenvalue weighted by atomic mass is 32.1. The molecular weight excluding hydrogens is 423 g/mol. The van der Waals surface area contributed by atoms with Crippen molar-refractivity contribution < 1.29 is 18.0 Å². The number of H-pyrrole nitrogens is 1. The Bertz CT molecular complexity index is 1250. The number of fused-ring (bicyclic) bond motifs is 1. The Kier molecular flexibility index (Phi) is 4.81. The lowest BCUT2D eigenvalue weighted by atomic mass is 10.1. The van der Waals surface area contributed by atoms with Crippen LogP contribution in [0.5, 0.6) is 0 Å². The number of nitrogens with one attached hydrogen (secondary N) is 1. The molecule has 1 fully saturated rings. The second-order valence-electron chi connectivity index (χ2n) is 7.70. The number of rotatable bonds is 3. The van der Waals surface area contributed by atoms with Gasteiger partial charge in [0.25, 0.3) is 11.8 Å². The summed E-state index contributed by atoms with van der Waals surface area (Å²) in [6.45, 7) is 0.143. The van der Waals surface area contributed by atoms with Crippen LogP contribution < -0.4 is 0 Å². The molecule has 31 heavy (non-hydrogen) atoms. The van der Waals surface area contributed by atoms with Crippen LogP contribution in [0.4, 0.5) is 13.2 Å². The van der Waals surface area contributed by atoms with E-state index in [-0.39, 0.29) is 37.7 Å². The van der Waals surface area contributed by atoms with E-state index in [1.54, 1.807) is 24.4 Å². The van der Waals surface area contributed by atoms with Crippen molar-refractivity contribution in [2.24, 2.45) is 0 Å². The Balaban J connectivity index is 1.38. The molecule has 0 atom stereocenters. The van der Waals surface area contributed by atoms with E-state index < -0.39 is 5.92 Å². The van der Waals surface area contributed by atoms with E-state index in [9.17, 15) is 18.0 Å². The van der Waals surface area contributed by atoms with E-state index in [0.717, 1.165) is 27.8 Å². The number of hydrogen-bond acceptors (Lipinski definition) is 3. The molecule has 0 bridgehead atoms. The van der Waals surface area contributed by atoms with Crippen molar-refractivity contribution in [2.75, 3.05) is 13.1 Å². The number of benzene rings is 1. The lowest BCUT2D eigenvalue weighted by molar-refractivity contribution is -0.0493. The summed E-state index contributed by atoms with van der Waals surface area (Å²) < 4.78 is 39.9. The molecule has 0 saturated carbocycles. The van der Waals surface area contributed by atoms with Crippen LogP contribution in [-0.4, -0.2) is 39.8 Å². The highest BCUT2D eigenvalue weighted by molar-refractivity contribution is 7.12. The van der Waals surface area contributed by atoms with Gasteiger partial charge in [-0.25, -0.2) is 18.2 Å². The third-order valence-corrected chi connectivity index (χ3v) is 6.47. The van der Waals surface area contributed by atoms with E-state index in [0.29, 0.717) is 10.5 Å². The number of halogens is 3. The summed E-state index contributed by atoms with van der Waals surface area (Å²) in [6, 6.07) is 11.9. The van der Waals surface area contributed by atoms with Crippen LogP contribution in [0.25, 0.3) is 33.4 Å². The zero-order chi connectivity index (χ0) is 21.6. The molecule has 1 N–H and O–H groups in total. The topological polar surface area (TPSA) is 49.0 Å². The van der Waals surface area contributed by atoms with Gasteiger partial charge in [0.1, 0.15) is 11.5 Å². The minimum absolute atomic E-state index is 0.0715. The zero-order valence-electron chi connectivity index (χ0n) is 16.4. The van der Waals surface area contributed by atoms with E-state index in [4.69, 9.17) is 0 Å². The van der Waals surface area contributed by atoms with Crippen molar-refractivity contribution in [3.63, 3.8) is 0 Å². The second-order valence-corrected chi connectivity index (χ2v) is 8.61. The Morgan fingerprint density at radius 2 is 1.77 bits per heavy atom. The van der Waals surface area contributed by atoms with Crippen LogP contribution >= 0.6 is 11.3 Å². The maximum Gasteiger partial charge on any atom is 0.263 e. The van der Waals surface area contributed by atoms with Gasteiger partial charge in [0.2, 0.25) is 0 Å². The SMILES string of the molecule is O=C(c1cc(-c2cnc3[nH]c(-c4ccc(F)cc4)cc3c2)cs1)N1CCC(F)(F)CC1. The number of carbonyl (C=O) groups excluding carboxylic acids is 1. The molecule has 1 aliphatic rings. The number of aromatic nitrogens is 2. The van der Waals surface area contributed by atoms with Crippen molar-refractivity contribution in [3.8, 4) is 22.4 Å². The maximum absolute atomic E-state index is 13.4. The molecule has 158 valence electrons. The molecule has 8 heteroatoms. The van der Waals surface area contributed by atoms with E-state index in [2.05, 4.69) is 9.97 Å². The molecular formula is C23H18F3N3OS. The van der Waals surface area contributed by atoms with Crippen molar-refractivity contribution in [3.05, 3.63) is 64.7 Å². The molecule has 1 saturated heterocycles. The molecule has 0 unspecified atom stereocenters. The number of amides is 1. The predicted octanol–water partition coefficient (Wildman–Crippen LogP) is 5.97. The standard InChI is InChI=1S/C23H18F3N3OS/c24-18-3-1-14(2-4-18)19-10-15-9-16(12-27-21(15)28-19)17-11-20(31-13-17)22(30)29-7-5-23(25,26)6-8-29/h1-4,9-13H,5-8H2,(H,27,28). The van der Waals surface area contributed by atoms with Gasteiger partial charge in [0, 0.05) is 48.8 Å². The quantitative estimate of drug-likeness (QED) is 0.426. The monoisotopic (exact) mass is 441 g/mol. The first-order valence-corrected chi connectivity index (χ1v) is 10.8. The van der Waals surface area contributed by atoms with E-state index in [1.807, 2.05) is 17.5 Å². The highest BCUT2D eigenvalue weighted by Crippen LogP contribution is 2.32. The first kappa shape index (κ1) is 19.8. The van der Waals surface area contributed by atoms with Crippen molar-refractivity contribution in [1.82, 2.24) is 14.9 Å². The van der Waals surface area contributed by atoms with E-state index in [1.165, 1.54) is 28.4 Å². The van der Waals surface area contributed by atoms with Crippen LogP contribution in [0.15, 0.2) is 54.0 Å². The molecule has 0 radical (unpaired) electrons. The van der Waals surface area contributed by atoms with Gasteiger partial charge in [0.05, 0.1) is 4.88 Å². The van der Waals surface area contributed by atoms with Crippen LogP contribution in [0, 0.1) is 5.82 Å². The Hall–Kier alpha value is -3.13. The molecule has 4 aromatic rings. The Morgan fingerprint density at radius 3 is 2.52 bits per heavy atom. The molecule has 1 aliphatic heterocycles. The number of nitrogens with zero attached hydrogens (tertiary/aromatic N) is 2. The summed E-state index contributed by atoms with van der Waals surface area (Å²) >= 11 is 1.31. The normalized spacial score (nSPS) is 16.0. The number of pyridine rings is 1. The summed E-state index contributed by atoms with van der Waals surface area (Å²) in [5, 5.41) is 2.77. The fourth-order valence-corrected chi connectivity index (χ4v) is 4.63. The van der Waals surface area contributed by atoms with Gasteiger partial charge in [-0.1, -0.05) is 0 Å². The highest BCUT2D eigenvalue weighted by Gasteiger charge is 2.36. The minimum atomic E-state index is -2.68. The summed E-state index contributed by atoms with van der Waals surface area (Å²) in [4.78, 5) is 22.4. The largest absolute Gasteiger partial charge is 0.339 e. The van der Waals surface area contributed by atoms with Crippen LogP contribution in [0.1, 0.15) is 22.5 Å². The Morgan fingerprint density at radius 1 is 1.03 bits per heavy atom. The number of piperidine rings is 1. The van der Waals surface area contributed by atoms with E-state index >= 15 is 0 Å². The zero-order valence-corrected chi connectivity index (χ0v) is 17.2. The summed E-state index contributed by atoms with van der Waals surface area (Å²) in [5.74, 6) is -3.18. The molecule has 5 rings (SSSR count). The average molecular weight is 441 g/mol. The van der Waals surface area contributed by atoms with Crippen LogP contribution in [0.2, 0.25) is 0 Å². The maximum atomic E-state index is 13.4. The molecule has 1 amide bonds. The number of alkyl halides is 2. The molecule has 4 heterocycles. The first-order chi connectivity index (χ1) is 14.9. The average Bonchev–Trinajstić information content (AvgIpc) is 3.40. The van der Waals surface area contributed by atoms with Gasteiger partial charge in [-0.15, -0.1) is 11.3 Å². The van der Waals surface area contributed by atoms with Gasteiger partial charge in [-0.3, -0.25) is 4.79 Å². The third kappa shape index (κ3) is 3.95. The minimum Gasteiger partial charge on any atom is -0.339 e. The molecule has 0 aliphatic carbocycles. The lowest BCUT2D eigenvalue weighted by Crippen LogP contribution is -2.42. The fourth-order valence-electron chi connectivity index (χ4n) is 3.75. The Labute approximate surface area is 180 Å². The van der Waals surface area contributed by atoms with Gasteiger partial charge in [0.15, 0.2) is 0 Å². The van der Waals surface area contributed by atoms with Gasteiger partial charge >= 0.3 is 0 Å².